The Balaban J connectivity index is 2.06. The first kappa shape index (κ1) is 17.4. The van der Waals surface area contributed by atoms with E-state index in [-0.39, 0.29) is 18.0 Å². The highest BCUT2D eigenvalue weighted by molar-refractivity contribution is 5.96. The van der Waals surface area contributed by atoms with Crippen LogP contribution < -0.4 is 0 Å². The van der Waals surface area contributed by atoms with Crippen molar-refractivity contribution in [3.63, 3.8) is 0 Å². The van der Waals surface area contributed by atoms with Crippen LogP contribution in [-0.4, -0.2) is 11.9 Å². The molecule has 2 nitrogen and oxygen atoms in total. The summed E-state index contributed by atoms with van der Waals surface area (Å²) in [4.78, 5) is 12.4. The largest absolute Gasteiger partial charge is 0.370 e. The van der Waals surface area contributed by atoms with Crippen LogP contribution in [0.25, 0.3) is 0 Å². The summed E-state index contributed by atoms with van der Waals surface area (Å²) in [7, 11) is 0. The quantitative estimate of drug-likeness (QED) is 0.601. The van der Waals surface area contributed by atoms with Crippen LogP contribution in [0.4, 0.5) is 0 Å². The van der Waals surface area contributed by atoms with E-state index < -0.39 is 0 Å². The highest BCUT2D eigenvalue weighted by atomic mass is 16.5. The minimum atomic E-state index is -0.0488. The molecule has 0 heterocycles. The van der Waals surface area contributed by atoms with Crippen molar-refractivity contribution in [3.05, 3.63) is 71.3 Å². The van der Waals surface area contributed by atoms with E-state index in [1.54, 1.807) is 0 Å². The highest BCUT2D eigenvalue weighted by Gasteiger charge is 2.20. The standard InChI is InChI=1S/C21H26O2/c1-4-18(15-20(22)17-12-7-6-8-13-17)23-21(5-2)19-14-10-9-11-16(19)3/h6-14,18,21H,4-5,15H2,1-3H3/t18-,21+/m0/s1. The van der Waals surface area contributed by atoms with Crippen molar-refractivity contribution in [1.82, 2.24) is 0 Å². The molecule has 2 aromatic carbocycles. The number of ether oxygens (including phenoxy) is 1. The van der Waals surface area contributed by atoms with Gasteiger partial charge in [-0.05, 0) is 30.9 Å². The monoisotopic (exact) mass is 310 g/mol. The number of carbonyl (C=O) groups excluding carboxylic acids is 1. The zero-order valence-electron chi connectivity index (χ0n) is 14.3. The van der Waals surface area contributed by atoms with Crippen LogP contribution >= 0.6 is 0 Å². The van der Waals surface area contributed by atoms with Gasteiger partial charge in [-0.3, -0.25) is 4.79 Å². The summed E-state index contributed by atoms with van der Waals surface area (Å²) in [6.07, 6.45) is 2.17. The van der Waals surface area contributed by atoms with Gasteiger partial charge in [-0.2, -0.15) is 0 Å². The average molecular weight is 310 g/mol. The molecule has 0 unspecified atom stereocenters. The number of aryl methyl sites for hydroxylation is 1. The van der Waals surface area contributed by atoms with Crippen molar-refractivity contribution in [3.8, 4) is 0 Å². The van der Waals surface area contributed by atoms with E-state index >= 15 is 0 Å². The average Bonchev–Trinajstić information content (AvgIpc) is 2.60. The number of benzene rings is 2. The summed E-state index contributed by atoms with van der Waals surface area (Å²) in [5, 5.41) is 0. The SMILES string of the molecule is CC[C@@H](CC(=O)c1ccccc1)O[C@H](CC)c1ccccc1C. The van der Waals surface area contributed by atoms with Gasteiger partial charge in [0.05, 0.1) is 12.2 Å². The molecule has 0 saturated carbocycles. The minimum Gasteiger partial charge on any atom is -0.370 e. The number of hydrogen-bond acceptors (Lipinski definition) is 2. The molecule has 0 N–H and O–H groups in total. The molecule has 0 spiro atoms. The fraction of sp³-hybridized carbons (Fsp3) is 0.381. The number of Topliss-reactive ketones (excluding diaryl/α,β-unsaturated/α-hetero) is 1. The van der Waals surface area contributed by atoms with Crippen molar-refractivity contribution in [2.45, 2.75) is 52.2 Å². The van der Waals surface area contributed by atoms with E-state index in [1.807, 2.05) is 42.5 Å². The minimum absolute atomic E-state index is 0.0460. The molecular formula is C21H26O2. The van der Waals surface area contributed by atoms with Crippen LogP contribution in [0.2, 0.25) is 0 Å². The Morgan fingerprint density at radius 1 is 0.957 bits per heavy atom. The van der Waals surface area contributed by atoms with Gasteiger partial charge in [-0.15, -0.1) is 0 Å². The molecule has 0 bridgehead atoms. The maximum absolute atomic E-state index is 12.4. The predicted molar refractivity (Wildman–Crippen MR) is 94.8 cm³/mol. The second-order valence-corrected chi connectivity index (χ2v) is 5.91. The molecule has 0 aliphatic rings. The Morgan fingerprint density at radius 2 is 1.61 bits per heavy atom. The van der Waals surface area contributed by atoms with Crippen LogP contribution in [0, 0.1) is 6.92 Å². The van der Waals surface area contributed by atoms with E-state index in [4.69, 9.17) is 4.74 Å². The van der Waals surface area contributed by atoms with E-state index in [0.717, 1.165) is 18.4 Å². The molecule has 2 rings (SSSR count). The molecule has 0 radical (unpaired) electrons. The van der Waals surface area contributed by atoms with Gasteiger partial charge in [0.1, 0.15) is 0 Å². The molecule has 2 heteroatoms. The Bertz CT molecular complexity index is 619. The van der Waals surface area contributed by atoms with Crippen LogP contribution in [-0.2, 0) is 4.74 Å². The molecule has 23 heavy (non-hydrogen) atoms. The molecule has 0 aliphatic carbocycles. The molecule has 2 atom stereocenters. The Labute approximate surface area is 139 Å². The van der Waals surface area contributed by atoms with Crippen molar-refractivity contribution in [2.75, 3.05) is 0 Å². The molecule has 2 aromatic rings. The maximum atomic E-state index is 12.4. The van der Waals surface area contributed by atoms with Gasteiger partial charge in [0.15, 0.2) is 5.78 Å². The first-order valence-electron chi connectivity index (χ1n) is 8.44. The molecule has 0 fully saturated rings. The summed E-state index contributed by atoms with van der Waals surface area (Å²) in [6.45, 7) is 6.31. The van der Waals surface area contributed by atoms with Gasteiger partial charge in [0, 0.05) is 12.0 Å². The molecule has 0 saturated heterocycles. The van der Waals surface area contributed by atoms with Gasteiger partial charge >= 0.3 is 0 Å². The van der Waals surface area contributed by atoms with Gasteiger partial charge < -0.3 is 4.74 Å². The van der Waals surface area contributed by atoms with Crippen molar-refractivity contribution < 1.29 is 9.53 Å². The van der Waals surface area contributed by atoms with Crippen LogP contribution in [0.1, 0.15) is 60.7 Å². The second kappa shape index (κ2) is 8.64. The number of hydrogen-bond donors (Lipinski definition) is 0. The van der Waals surface area contributed by atoms with Gasteiger partial charge in [-0.25, -0.2) is 0 Å². The topological polar surface area (TPSA) is 26.3 Å². The second-order valence-electron chi connectivity index (χ2n) is 5.91. The van der Waals surface area contributed by atoms with Crippen molar-refractivity contribution >= 4 is 5.78 Å². The fourth-order valence-electron chi connectivity index (χ4n) is 2.81. The van der Waals surface area contributed by atoms with Gasteiger partial charge in [0.25, 0.3) is 0 Å². The zero-order chi connectivity index (χ0) is 16.7. The lowest BCUT2D eigenvalue weighted by atomic mass is 10.00. The third-order valence-electron chi connectivity index (χ3n) is 4.23. The van der Waals surface area contributed by atoms with E-state index in [2.05, 4.69) is 32.9 Å². The van der Waals surface area contributed by atoms with E-state index in [9.17, 15) is 4.79 Å². The smallest absolute Gasteiger partial charge is 0.165 e. The van der Waals surface area contributed by atoms with Crippen LogP contribution in [0.15, 0.2) is 54.6 Å². The third-order valence-corrected chi connectivity index (χ3v) is 4.23. The number of ketones is 1. The highest BCUT2D eigenvalue weighted by Crippen LogP contribution is 2.27. The summed E-state index contributed by atoms with van der Waals surface area (Å²) in [5.74, 6) is 0.150. The lowest BCUT2D eigenvalue weighted by Gasteiger charge is -2.24. The lowest BCUT2D eigenvalue weighted by Crippen LogP contribution is -2.20. The third kappa shape index (κ3) is 4.77. The first-order valence-corrected chi connectivity index (χ1v) is 8.44. The van der Waals surface area contributed by atoms with Crippen molar-refractivity contribution in [2.24, 2.45) is 0 Å². The van der Waals surface area contributed by atoms with Gasteiger partial charge in [0.2, 0.25) is 0 Å². The Hall–Kier alpha value is -1.93. The summed E-state index contributed by atoms with van der Waals surface area (Å²) >= 11 is 0. The molecule has 0 aliphatic heterocycles. The number of rotatable bonds is 8. The predicted octanol–water partition coefficient (Wildman–Crippen LogP) is 5.51. The molecule has 0 aromatic heterocycles. The Morgan fingerprint density at radius 3 is 2.22 bits per heavy atom. The van der Waals surface area contributed by atoms with E-state index in [1.165, 1.54) is 11.1 Å². The van der Waals surface area contributed by atoms with Gasteiger partial charge in [-0.1, -0.05) is 68.4 Å². The summed E-state index contributed by atoms with van der Waals surface area (Å²) < 4.78 is 6.29. The molecule has 0 amide bonds. The van der Waals surface area contributed by atoms with Crippen LogP contribution in [0.3, 0.4) is 0 Å². The summed E-state index contributed by atoms with van der Waals surface area (Å²) in [5.41, 5.74) is 3.22. The van der Waals surface area contributed by atoms with Crippen molar-refractivity contribution in [1.29, 1.82) is 0 Å². The molecular weight excluding hydrogens is 284 g/mol. The normalized spacial score (nSPS) is 13.5. The molecule has 122 valence electrons. The Kier molecular flexibility index (Phi) is 6.54. The summed E-state index contributed by atoms with van der Waals surface area (Å²) in [6, 6.07) is 17.8. The number of carbonyl (C=O) groups is 1. The van der Waals surface area contributed by atoms with E-state index in [0.29, 0.717) is 6.42 Å². The lowest BCUT2D eigenvalue weighted by molar-refractivity contribution is -0.0185. The fourth-order valence-corrected chi connectivity index (χ4v) is 2.81. The first-order chi connectivity index (χ1) is 11.2. The zero-order valence-corrected chi connectivity index (χ0v) is 14.3. The van der Waals surface area contributed by atoms with Crippen LogP contribution in [0.5, 0.6) is 0 Å². The maximum Gasteiger partial charge on any atom is 0.165 e.